The number of carbonyl (C=O) groups excluding carboxylic acids is 3. The zero-order valence-electron chi connectivity index (χ0n) is 15.5. The van der Waals surface area contributed by atoms with Gasteiger partial charge in [-0.15, -0.1) is 0 Å². The van der Waals surface area contributed by atoms with Gasteiger partial charge < -0.3 is 19.3 Å². The normalized spacial score (nSPS) is 33.2. The van der Waals surface area contributed by atoms with E-state index in [0.29, 0.717) is 24.8 Å². The van der Waals surface area contributed by atoms with Gasteiger partial charge >= 0.3 is 17.9 Å². The molecule has 2 aliphatic heterocycles. The molecule has 0 aromatic rings. The largest absolute Gasteiger partial charge is 0.457 e. The number of ether oxygens (including phenoxy) is 3. The third-order valence-electron chi connectivity index (χ3n) is 5.39. The van der Waals surface area contributed by atoms with Crippen LogP contribution in [0, 0.1) is 11.8 Å². The zero-order valence-corrected chi connectivity index (χ0v) is 15.5. The first-order chi connectivity index (χ1) is 12.8. The van der Waals surface area contributed by atoms with Crippen LogP contribution < -0.4 is 0 Å². The molecule has 0 spiro atoms. The monoisotopic (exact) mass is 376 g/mol. The Morgan fingerprint density at radius 1 is 1.30 bits per heavy atom. The molecular formula is C20H24O7. The summed E-state index contributed by atoms with van der Waals surface area (Å²) in [5.41, 5.74) is 1.13. The summed E-state index contributed by atoms with van der Waals surface area (Å²) in [5, 5.41) is 9.66. The lowest BCUT2D eigenvalue weighted by Gasteiger charge is -2.22. The maximum atomic E-state index is 12.4. The van der Waals surface area contributed by atoms with Crippen molar-refractivity contribution in [2.24, 2.45) is 11.8 Å². The molecule has 0 aromatic heterocycles. The van der Waals surface area contributed by atoms with E-state index < -0.39 is 36.2 Å². The van der Waals surface area contributed by atoms with Gasteiger partial charge in [-0.3, -0.25) is 4.79 Å². The number of fused-ring (bicyclic) bond motifs is 3. The fourth-order valence-electron chi connectivity index (χ4n) is 3.48. The second-order valence-corrected chi connectivity index (χ2v) is 7.17. The first-order valence-corrected chi connectivity index (χ1v) is 9.19. The zero-order chi connectivity index (χ0) is 19.7. The van der Waals surface area contributed by atoms with Gasteiger partial charge in [-0.05, 0) is 37.0 Å². The van der Waals surface area contributed by atoms with Crippen LogP contribution in [0.1, 0.15) is 33.1 Å². The lowest BCUT2D eigenvalue weighted by atomic mass is 9.87. The molecule has 3 rings (SSSR count). The van der Waals surface area contributed by atoms with Crippen LogP contribution in [-0.2, 0) is 28.6 Å². The molecule has 1 fully saturated rings. The predicted molar refractivity (Wildman–Crippen MR) is 94.2 cm³/mol. The molecule has 1 aliphatic carbocycles. The molecule has 3 aliphatic rings. The van der Waals surface area contributed by atoms with Crippen molar-refractivity contribution < 1.29 is 33.7 Å². The summed E-state index contributed by atoms with van der Waals surface area (Å²) in [4.78, 5) is 36.7. The summed E-state index contributed by atoms with van der Waals surface area (Å²) in [6.45, 7) is 7.19. The maximum absolute atomic E-state index is 12.4. The molecule has 5 unspecified atom stereocenters. The summed E-state index contributed by atoms with van der Waals surface area (Å²) < 4.78 is 16.4. The van der Waals surface area contributed by atoms with Crippen LogP contribution >= 0.6 is 0 Å². The minimum Gasteiger partial charge on any atom is -0.457 e. The molecule has 7 heteroatoms. The number of rotatable bonds is 4. The summed E-state index contributed by atoms with van der Waals surface area (Å²) in [6, 6.07) is 0. The molecule has 0 saturated carbocycles. The van der Waals surface area contributed by atoms with Crippen LogP contribution in [0.2, 0.25) is 0 Å². The molecule has 5 atom stereocenters. The molecular weight excluding hydrogens is 352 g/mol. The first kappa shape index (κ1) is 19.4. The Bertz CT molecular complexity index is 733. The summed E-state index contributed by atoms with van der Waals surface area (Å²) in [6.07, 6.45) is 2.49. The first-order valence-electron chi connectivity index (χ1n) is 9.19. The maximum Gasteiger partial charge on any atom is 0.338 e. The van der Waals surface area contributed by atoms with Gasteiger partial charge in [-0.2, -0.15) is 0 Å². The van der Waals surface area contributed by atoms with Gasteiger partial charge in [-0.1, -0.05) is 20.4 Å². The van der Waals surface area contributed by atoms with Crippen LogP contribution in [0.3, 0.4) is 0 Å². The molecule has 0 radical (unpaired) electrons. The van der Waals surface area contributed by atoms with Crippen molar-refractivity contribution in [1.82, 2.24) is 0 Å². The molecule has 2 bridgehead atoms. The van der Waals surface area contributed by atoms with E-state index in [-0.39, 0.29) is 29.6 Å². The fraction of sp³-hybridized carbons (Fsp3) is 0.550. The summed E-state index contributed by atoms with van der Waals surface area (Å²) >= 11 is 0. The van der Waals surface area contributed by atoms with E-state index in [1.165, 1.54) is 0 Å². The topological polar surface area (TPSA) is 99.1 Å². The van der Waals surface area contributed by atoms with Crippen molar-refractivity contribution in [2.75, 3.05) is 6.61 Å². The molecule has 7 nitrogen and oxygen atoms in total. The van der Waals surface area contributed by atoms with Crippen LogP contribution in [0.4, 0.5) is 0 Å². The number of aliphatic hydroxyl groups is 1. The van der Waals surface area contributed by atoms with Gasteiger partial charge in [0.2, 0.25) is 0 Å². The second-order valence-electron chi connectivity index (χ2n) is 7.17. The number of esters is 3. The van der Waals surface area contributed by atoms with Crippen LogP contribution in [0.15, 0.2) is 35.5 Å². The van der Waals surface area contributed by atoms with Crippen molar-refractivity contribution in [3.8, 4) is 0 Å². The van der Waals surface area contributed by atoms with Gasteiger partial charge in [0.25, 0.3) is 0 Å². The molecule has 0 aromatic carbocycles. The van der Waals surface area contributed by atoms with E-state index in [1.54, 1.807) is 19.1 Å². The lowest BCUT2D eigenvalue weighted by Crippen LogP contribution is -2.28. The minimum atomic E-state index is -0.762. The van der Waals surface area contributed by atoms with E-state index >= 15 is 0 Å². The van der Waals surface area contributed by atoms with E-state index in [9.17, 15) is 19.5 Å². The Balaban J connectivity index is 1.94. The smallest absolute Gasteiger partial charge is 0.338 e. The Morgan fingerprint density at radius 3 is 2.63 bits per heavy atom. The molecule has 1 N–H and O–H groups in total. The Morgan fingerprint density at radius 2 is 1.96 bits per heavy atom. The van der Waals surface area contributed by atoms with E-state index in [0.717, 1.165) is 0 Å². The highest BCUT2D eigenvalue weighted by Crippen LogP contribution is 2.38. The van der Waals surface area contributed by atoms with E-state index in [4.69, 9.17) is 14.2 Å². The summed E-state index contributed by atoms with van der Waals surface area (Å²) in [7, 11) is 0. The van der Waals surface area contributed by atoms with Gasteiger partial charge in [0, 0.05) is 5.57 Å². The average molecular weight is 376 g/mol. The van der Waals surface area contributed by atoms with Crippen molar-refractivity contribution in [2.45, 2.75) is 51.4 Å². The lowest BCUT2D eigenvalue weighted by molar-refractivity contribution is -0.153. The average Bonchev–Trinajstić information content (AvgIpc) is 3.15. The summed E-state index contributed by atoms with van der Waals surface area (Å²) in [5.74, 6) is -2.35. The highest BCUT2D eigenvalue weighted by Gasteiger charge is 2.47. The molecule has 27 heavy (non-hydrogen) atoms. The van der Waals surface area contributed by atoms with Gasteiger partial charge in [0.15, 0.2) is 0 Å². The highest BCUT2D eigenvalue weighted by molar-refractivity contribution is 5.94. The quantitative estimate of drug-likeness (QED) is 0.344. The Kier molecular flexibility index (Phi) is 5.51. The second kappa shape index (κ2) is 7.68. The minimum absolute atomic E-state index is 0.220. The van der Waals surface area contributed by atoms with Gasteiger partial charge in [-0.25, -0.2) is 9.59 Å². The third-order valence-corrected chi connectivity index (χ3v) is 5.39. The van der Waals surface area contributed by atoms with Crippen molar-refractivity contribution in [3.05, 3.63) is 35.5 Å². The predicted octanol–water partition coefficient (Wildman–Crippen LogP) is 1.61. The third kappa shape index (κ3) is 3.69. The van der Waals surface area contributed by atoms with Crippen LogP contribution in [0.5, 0.6) is 0 Å². The number of hydrogen-bond acceptors (Lipinski definition) is 7. The Labute approximate surface area is 157 Å². The number of aliphatic hydroxyl groups excluding tert-OH is 1. The van der Waals surface area contributed by atoms with E-state index in [1.807, 2.05) is 6.92 Å². The van der Waals surface area contributed by atoms with Crippen LogP contribution in [0.25, 0.3) is 0 Å². The van der Waals surface area contributed by atoms with Crippen molar-refractivity contribution >= 4 is 17.9 Å². The molecule has 2 heterocycles. The van der Waals surface area contributed by atoms with Crippen molar-refractivity contribution in [3.63, 3.8) is 0 Å². The molecule has 1 saturated heterocycles. The standard InChI is InChI=1S/C20H24O7/c1-4-10(2)18(22)25-14-6-5-12(9-21)7-15-17(11(3)19(23)26-15)16-8-13(14)20(24)27-16/h7-8,10,14-17,21H,3-6,9H2,1-2H3/b12-7+. The number of hydrogen-bond donors (Lipinski definition) is 1. The van der Waals surface area contributed by atoms with Gasteiger partial charge in [0.05, 0.1) is 24.0 Å². The highest BCUT2D eigenvalue weighted by atomic mass is 16.6. The van der Waals surface area contributed by atoms with Crippen molar-refractivity contribution in [1.29, 1.82) is 0 Å². The molecule has 146 valence electrons. The van der Waals surface area contributed by atoms with E-state index in [2.05, 4.69) is 6.58 Å². The van der Waals surface area contributed by atoms with Crippen LogP contribution in [-0.4, -0.2) is 47.9 Å². The number of carbonyl (C=O) groups is 3. The Hall–Kier alpha value is -2.41. The SMILES string of the molecule is C=C1C(=O)OC2/C=C(/CO)CCC(OC(=O)C(C)CC)C3=CC(OC3=O)C12. The van der Waals surface area contributed by atoms with Gasteiger partial charge in [0.1, 0.15) is 18.3 Å². The fourth-order valence-corrected chi connectivity index (χ4v) is 3.48. The molecule has 0 amide bonds.